The molecular weight excluding hydrogens is 302 g/mol. The lowest BCUT2D eigenvalue weighted by molar-refractivity contribution is 0.201. The third-order valence-corrected chi connectivity index (χ3v) is 3.64. The summed E-state index contributed by atoms with van der Waals surface area (Å²) in [6, 6.07) is 5.31. The summed E-state index contributed by atoms with van der Waals surface area (Å²) in [5, 5.41) is 12.4. The highest BCUT2D eigenvalue weighted by Gasteiger charge is 2.13. The topological polar surface area (TPSA) is 55.8 Å². The maximum atomic E-state index is 12.3. The summed E-state index contributed by atoms with van der Waals surface area (Å²) in [6.45, 7) is 3.40. The van der Waals surface area contributed by atoms with Gasteiger partial charge >= 0.3 is 6.03 Å². The normalized spacial score (nSPS) is 10.4. The zero-order valence-corrected chi connectivity index (χ0v) is 14.4. The molecule has 0 atom stereocenters. The molecule has 0 fully saturated rings. The van der Waals surface area contributed by atoms with Crippen LogP contribution in [0.4, 0.5) is 16.2 Å². The van der Waals surface area contributed by atoms with E-state index in [1.54, 1.807) is 11.0 Å². The van der Waals surface area contributed by atoms with Gasteiger partial charge < -0.3 is 20.2 Å². The predicted molar refractivity (Wildman–Crippen MR) is 93.0 cm³/mol. The van der Waals surface area contributed by atoms with E-state index >= 15 is 0 Å². The molecule has 0 heterocycles. The molecule has 0 saturated heterocycles. The second-order valence-corrected chi connectivity index (χ2v) is 5.82. The summed E-state index contributed by atoms with van der Waals surface area (Å²) in [6.07, 6.45) is 2.54. The molecule has 124 valence electrons. The Labute approximate surface area is 137 Å². The minimum Gasteiger partial charge on any atom is -0.396 e. The number of benzene rings is 1. The van der Waals surface area contributed by atoms with Gasteiger partial charge in [-0.2, -0.15) is 0 Å². The molecule has 0 aliphatic carbocycles. The molecule has 1 aromatic rings. The number of carbonyl (C=O) groups excluding carboxylic acids is 1. The fourth-order valence-electron chi connectivity index (χ4n) is 2.08. The number of carbonyl (C=O) groups is 1. The number of rotatable bonds is 8. The Hall–Kier alpha value is -1.46. The molecule has 6 heteroatoms. The Balaban J connectivity index is 2.73. The number of unbranched alkanes of at least 4 members (excludes halogenated alkanes) is 1. The lowest BCUT2D eigenvalue weighted by atomic mass is 10.2. The third-order valence-electron chi connectivity index (χ3n) is 3.34. The van der Waals surface area contributed by atoms with E-state index in [1.165, 1.54) is 0 Å². The fourth-order valence-corrected chi connectivity index (χ4v) is 2.42. The monoisotopic (exact) mass is 327 g/mol. The summed E-state index contributed by atoms with van der Waals surface area (Å²) < 4.78 is 0. The smallest absolute Gasteiger partial charge is 0.321 e. The fraction of sp³-hybridized carbons (Fsp3) is 0.562. The number of aliphatic hydroxyl groups is 1. The van der Waals surface area contributed by atoms with Crippen LogP contribution in [-0.2, 0) is 0 Å². The predicted octanol–water partition coefficient (Wildman–Crippen LogP) is 3.42. The molecule has 2 amide bonds. The Bertz CT molecular complexity index is 472. The van der Waals surface area contributed by atoms with Crippen LogP contribution in [0.3, 0.4) is 0 Å². The highest BCUT2D eigenvalue weighted by molar-refractivity contribution is 6.33. The van der Waals surface area contributed by atoms with E-state index in [-0.39, 0.29) is 12.6 Å². The van der Waals surface area contributed by atoms with Crippen LogP contribution in [0.15, 0.2) is 18.2 Å². The first kappa shape index (κ1) is 18.6. The highest BCUT2D eigenvalue weighted by Crippen LogP contribution is 2.27. The van der Waals surface area contributed by atoms with Crippen LogP contribution < -0.4 is 10.2 Å². The van der Waals surface area contributed by atoms with E-state index in [0.29, 0.717) is 30.2 Å². The van der Waals surface area contributed by atoms with Gasteiger partial charge in [0, 0.05) is 39.5 Å². The standard InChI is InChI=1S/C16H26ClN3O2/c1-4-5-9-20(10-6-11-21)16(22)18-13-7-8-15(19(2)3)14(17)12-13/h7-8,12,21H,4-6,9-11H2,1-3H3,(H,18,22). The zero-order valence-electron chi connectivity index (χ0n) is 13.6. The number of hydrogen-bond donors (Lipinski definition) is 2. The summed E-state index contributed by atoms with van der Waals surface area (Å²) in [4.78, 5) is 16.0. The Morgan fingerprint density at radius 1 is 1.27 bits per heavy atom. The van der Waals surface area contributed by atoms with Crippen molar-refractivity contribution >= 4 is 29.0 Å². The van der Waals surface area contributed by atoms with Gasteiger partial charge in [-0.25, -0.2) is 4.79 Å². The summed E-state index contributed by atoms with van der Waals surface area (Å²) in [5.74, 6) is 0. The van der Waals surface area contributed by atoms with E-state index in [2.05, 4.69) is 12.2 Å². The average molecular weight is 328 g/mol. The van der Waals surface area contributed by atoms with Crippen LogP contribution >= 0.6 is 11.6 Å². The second kappa shape index (κ2) is 9.54. The van der Waals surface area contributed by atoms with Crippen molar-refractivity contribution < 1.29 is 9.90 Å². The summed E-state index contributed by atoms with van der Waals surface area (Å²) >= 11 is 6.21. The Kier molecular flexibility index (Phi) is 8.06. The minimum atomic E-state index is -0.157. The van der Waals surface area contributed by atoms with E-state index < -0.39 is 0 Å². The van der Waals surface area contributed by atoms with Gasteiger partial charge in [0.1, 0.15) is 0 Å². The Morgan fingerprint density at radius 2 is 1.95 bits per heavy atom. The van der Waals surface area contributed by atoms with Gasteiger partial charge in [-0.3, -0.25) is 0 Å². The molecule has 5 nitrogen and oxygen atoms in total. The van der Waals surface area contributed by atoms with Gasteiger partial charge in [0.2, 0.25) is 0 Å². The van der Waals surface area contributed by atoms with Crippen LogP contribution in [0.2, 0.25) is 5.02 Å². The minimum absolute atomic E-state index is 0.0826. The van der Waals surface area contributed by atoms with E-state index in [1.807, 2.05) is 31.1 Å². The zero-order chi connectivity index (χ0) is 16.5. The summed E-state index contributed by atoms with van der Waals surface area (Å²) in [7, 11) is 3.84. The number of halogens is 1. The van der Waals surface area contributed by atoms with Crippen LogP contribution in [0.25, 0.3) is 0 Å². The first-order chi connectivity index (χ1) is 10.5. The molecule has 0 aliphatic heterocycles. The largest absolute Gasteiger partial charge is 0.396 e. The maximum Gasteiger partial charge on any atom is 0.321 e. The molecule has 0 unspecified atom stereocenters. The number of nitrogens with one attached hydrogen (secondary N) is 1. The van der Waals surface area contributed by atoms with Gasteiger partial charge in [-0.15, -0.1) is 0 Å². The van der Waals surface area contributed by atoms with Crippen molar-refractivity contribution in [3.05, 3.63) is 23.2 Å². The van der Waals surface area contributed by atoms with E-state index in [0.717, 1.165) is 18.5 Å². The number of aliphatic hydroxyl groups excluding tert-OH is 1. The van der Waals surface area contributed by atoms with Gasteiger partial charge in [-0.05, 0) is 31.0 Å². The van der Waals surface area contributed by atoms with E-state index in [9.17, 15) is 4.79 Å². The van der Waals surface area contributed by atoms with Gasteiger partial charge in [0.15, 0.2) is 0 Å². The second-order valence-electron chi connectivity index (χ2n) is 5.41. The van der Waals surface area contributed by atoms with Crippen molar-refractivity contribution in [3.8, 4) is 0 Å². The quantitative estimate of drug-likeness (QED) is 0.769. The molecule has 0 bridgehead atoms. The molecule has 0 spiro atoms. The number of anilines is 2. The van der Waals surface area contributed by atoms with Crippen LogP contribution in [0.5, 0.6) is 0 Å². The van der Waals surface area contributed by atoms with Crippen molar-refractivity contribution in [2.45, 2.75) is 26.2 Å². The molecular formula is C16H26ClN3O2. The summed E-state index contributed by atoms with van der Waals surface area (Å²) in [5.41, 5.74) is 1.58. The molecule has 2 N–H and O–H groups in total. The Morgan fingerprint density at radius 3 is 2.50 bits per heavy atom. The molecule has 1 aromatic carbocycles. The lowest BCUT2D eigenvalue weighted by Gasteiger charge is -2.23. The van der Waals surface area contributed by atoms with Crippen molar-refractivity contribution in [1.29, 1.82) is 0 Å². The molecule has 0 saturated carbocycles. The molecule has 22 heavy (non-hydrogen) atoms. The van der Waals surface area contributed by atoms with Crippen molar-refractivity contribution in [2.24, 2.45) is 0 Å². The van der Waals surface area contributed by atoms with Gasteiger partial charge in [0.05, 0.1) is 10.7 Å². The number of amides is 2. The first-order valence-electron chi connectivity index (χ1n) is 7.63. The third kappa shape index (κ3) is 5.73. The SMILES string of the molecule is CCCCN(CCCO)C(=O)Nc1ccc(N(C)C)c(Cl)c1. The van der Waals surface area contributed by atoms with Crippen molar-refractivity contribution in [2.75, 3.05) is 44.0 Å². The number of urea groups is 1. The molecule has 1 rings (SSSR count). The molecule has 0 aromatic heterocycles. The molecule has 0 radical (unpaired) electrons. The lowest BCUT2D eigenvalue weighted by Crippen LogP contribution is -2.36. The molecule has 0 aliphatic rings. The van der Waals surface area contributed by atoms with Gasteiger partial charge in [-0.1, -0.05) is 24.9 Å². The number of nitrogens with zero attached hydrogens (tertiary/aromatic N) is 2. The van der Waals surface area contributed by atoms with Gasteiger partial charge in [0.25, 0.3) is 0 Å². The van der Waals surface area contributed by atoms with Crippen molar-refractivity contribution in [1.82, 2.24) is 4.90 Å². The first-order valence-corrected chi connectivity index (χ1v) is 8.01. The average Bonchev–Trinajstić information content (AvgIpc) is 2.47. The highest BCUT2D eigenvalue weighted by atomic mass is 35.5. The van der Waals surface area contributed by atoms with Crippen LogP contribution in [-0.4, -0.2) is 49.8 Å². The maximum absolute atomic E-state index is 12.3. The van der Waals surface area contributed by atoms with E-state index in [4.69, 9.17) is 16.7 Å². The van der Waals surface area contributed by atoms with Crippen LogP contribution in [0.1, 0.15) is 26.2 Å². The number of hydrogen-bond acceptors (Lipinski definition) is 3. The van der Waals surface area contributed by atoms with Crippen LogP contribution in [0, 0.1) is 0 Å². The van der Waals surface area contributed by atoms with Crippen molar-refractivity contribution in [3.63, 3.8) is 0 Å².